The molecule has 0 aromatic carbocycles. The summed E-state index contributed by atoms with van der Waals surface area (Å²) < 4.78 is 34.1. The highest BCUT2D eigenvalue weighted by atomic mass is 31.2. The predicted molar refractivity (Wildman–Crippen MR) is 318 cm³/mol. The number of likely N-dealkylation sites (N-methyl/N-ethyl adjacent to an activating group) is 1. The second-order valence-electron chi connectivity index (χ2n) is 21.0. The van der Waals surface area contributed by atoms with Crippen molar-refractivity contribution in [3.63, 3.8) is 0 Å². The van der Waals surface area contributed by atoms with Crippen LogP contribution in [0.1, 0.15) is 239 Å². The van der Waals surface area contributed by atoms with Gasteiger partial charge in [0.1, 0.15) is 19.8 Å². The highest BCUT2D eigenvalue weighted by Gasteiger charge is 2.22. The fourth-order valence-electron chi connectivity index (χ4n) is 7.90. The summed E-state index contributed by atoms with van der Waals surface area (Å²) in [5.41, 5.74) is 0. The lowest BCUT2D eigenvalue weighted by atomic mass is 10.0. The first-order valence-electron chi connectivity index (χ1n) is 30.1. The maximum absolute atomic E-state index is 12.8. The van der Waals surface area contributed by atoms with E-state index in [1.807, 2.05) is 21.1 Å². The topological polar surface area (TPSA) is 111 Å². The van der Waals surface area contributed by atoms with Crippen molar-refractivity contribution in [2.75, 3.05) is 47.5 Å². The highest BCUT2D eigenvalue weighted by molar-refractivity contribution is 7.45. The molecule has 10 heteroatoms. The Hall–Kier alpha value is -3.33. The zero-order chi connectivity index (χ0) is 54.9. The Morgan fingerprint density at radius 3 is 1.15 bits per heavy atom. The molecular formula is C65H112NO8P. The first kappa shape index (κ1) is 71.7. The molecule has 75 heavy (non-hydrogen) atoms. The smallest absolute Gasteiger partial charge is 0.306 e. The molecule has 0 aliphatic carbocycles. The Labute approximate surface area is 461 Å². The Morgan fingerprint density at radius 2 is 0.760 bits per heavy atom. The van der Waals surface area contributed by atoms with Crippen molar-refractivity contribution in [1.29, 1.82) is 0 Å². The number of carbonyl (C=O) groups excluding carboxylic acids is 2. The Kier molecular flexibility index (Phi) is 53.0. The van der Waals surface area contributed by atoms with Crippen LogP contribution in [0.2, 0.25) is 0 Å². The first-order valence-corrected chi connectivity index (χ1v) is 31.6. The van der Waals surface area contributed by atoms with E-state index in [0.29, 0.717) is 23.9 Å². The average Bonchev–Trinajstić information content (AvgIpc) is 3.37. The van der Waals surface area contributed by atoms with Crippen molar-refractivity contribution < 1.29 is 42.1 Å². The van der Waals surface area contributed by atoms with Gasteiger partial charge in [0, 0.05) is 12.8 Å². The van der Waals surface area contributed by atoms with Gasteiger partial charge in [-0.15, -0.1) is 0 Å². The van der Waals surface area contributed by atoms with Crippen LogP contribution in [0.25, 0.3) is 0 Å². The van der Waals surface area contributed by atoms with E-state index < -0.39 is 32.5 Å². The van der Waals surface area contributed by atoms with Crippen LogP contribution in [0.15, 0.2) is 109 Å². The fraction of sp³-hybridized carbons (Fsp3) is 0.692. The summed E-state index contributed by atoms with van der Waals surface area (Å²) in [7, 11) is 1.15. The average molecular weight is 1070 g/mol. The number of unbranched alkanes of at least 4 members (excludes halogenated alkanes) is 22. The van der Waals surface area contributed by atoms with E-state index in [0.717, 1.165) is 109 Å². The molecule has 0 bridgehead atoms. The van der Waals surface area contributed by atoms with Gasteiger partial charge in [-0.2, -0.15) is 0 Å². The third-order valence-corrected chi connectivity index (χ3v) is 13.5. The van der Waals surface area contributed by atoms with Gasteiger partial charge < -0.3 is 27.9 Å². The van der Waals surface area contributed by atoms with E-state index in [1.165, 1.54) is 89.9 Å². The molecule has 0 radical (unpaired) electrons. The SMILES string of the molecule is CC/C=C\C/C=C\C/C=C\C/C=C\C/C=C\C/C=C\C/C=C\C/C=C\CCCCCCCCCCCCC(=O)OC(COC(=O)CCCCCCC/C=C\CCCCCCCCC)COP(=O)([O-])OCC[N+](C)(C)C. The highest BCUT2D eigenvalue weighted by Crippen LogP contribution is 2.38. The summed E-state index contributed by atoms with van der Waals surface area (Å²) in [6.07, 6.45) is 77.1. The summed E-state index contributed by atoms with van der Waals surface area (Å²) in [5.74, 6) is -0.851. The molecule has 0 N–H and O–H groups in total. The number of hydrogen-bond acceptors (Lipinski definition) is 8. The minimum Gasteiger partial charge on any atom is -0.756 e. The molecule has 0 aliphatic heterocycles. The number of ether oxygens (including phenoxy) is 2. The molecule has 0 rings (SSSR count). The van der Waals surface area contributed by atoms with Gasteiger partial charge in [-0.25, -0.2) is 0 Å². The van der Waals surface area contributed by atoms with Crippen LogP contribution in [0.3, 0.4) is 0 Å². The van der Waals surface area contributed by atoms with Gasteiger partial charge in [0.15, 0.2) is 6.10 Å². The van der Waals surface area contributed by atoms with Gasteiger partial charge in [-0.3, -0.25) is 14.2 Å². The molecule has 0 aromatic rings. The summed E-state index contributed by atoms with van der Waals surface area (Å²) >= 11 is 0. The number of hydrogen-bond donors (Lipinski definition) is 0. The number of rotatable bonds is 54. The number of nitrogens with zero attached hydrogens (tertiary/aromatic N) is 1. The van der Waals surface area contributed by atoms with Crippen LogP contribution in [0.4, 0.5) is 0 Å². The molecule has 0 aliphatic rings. The zero-order valence-corrected chi connectivity index (χ0v) is 49.6. The minimum atomic E-state index is -4.64. The van der Waals surface area contributed by atoms with Gasteiger partial charge in [-0.05, 0) is 103 Å². The van der Waals surface area contributed by atoms with E-state index in [-0.39, 0.29) is 26.1 Å². The second kappa shape index (κ2) is 55.4. The lowest BCUT2D eigenvalue weighted by Gasteiger charge is -2.28. The van der Waals surface area contributed by atoms with E-state index in [2.05, 4.69) is 123 Å². The van der Waals surface area contributed by atoms with Gasteiger partial charge in [0.2, 0.25) is 0 Å². The van der Waals surface area contributed by atoms with Crippen LogP contribution >= 0.6 is 7.82 Å². The molecule has 0 saturated carbocycles. The van der Waals surface area contributed by atoms with Gasteiger partial charge in [0.05, 0.1) is 27.7 Å². The number of phosphoric ester groups is 1. The standard InChI is InChI=1S/C65H112NO8P/c1-6-8-10-12-14-16-18-20-22-24-25-26-27-28-29-30-31-32-33-34-35-36-37-38-39-40-41-42-44-46-48-50-52-54-56-58-65(68)74-63(62-73-75(69,70)72-60-59-66(3,4)5)61-71-64(67)57-55-53-51-49-47-45-43-23-21-19-17-15-13-11-9-7-2/h8,10,14,16,20,22-23,25-26,28-29,31-32,34-35,37-38,43,63H,6-7,9,11-13,15,17-19,21,24,27,30,33,36,39-42,44-62H2,1-5H3/b10-8-,16-14-,22-20-,26-25-,29-28-,32-31-,35-34-,38-37-,43-23-. The largest absolute Gasteiger partial charge is 0.756 e. The van der Waals surface area contributed by atoms with Crippen LogP contribution < -0.4 is 4.89 Å². The van der Waals surface area contributed by atoms with Crippen molar-refractivity contribution in [2.24, 2.45) is 0 Å². The monoisotopic (exact) mass is 1070 g/mol. The molecule has 430 valence electrons. The van der Waals surface area contributed by atoms with E-state index in [9.17, 15) is 19.0 Å². The molecule has 9 nitrogen and oxygen atoms in total. The van der Waals surface area contributed by atoms with E-state index in [1.54, 1.807) is 0 Å². The van der Waals surface area contributed by atoms with Crippen LogP contribution in [-0.2, 0) is 32.7 Å². The Morgan fingerprint density at radius 1 is 0.427 bits per heavy atom. The first-order chi connectivity index (χ1) is 36.5. The lowest BCUT2D eigenvalue weighted by molar-refractivity contribution is -0.870. The second-order valence-corrected chi connectivity index (χ2v) is 22.4. The van der Waals surface area contributed by atoms with Gasteiger partial charge >= 0.3 is 11.9 Å². The quantitative estimate of drug-likeness (QED) is 0.0195. The maximum Gasteiger partial charge on any atom is 0.306 e. The van der Waals surface area contributed by atoms with Crippen molar-refractivity contribution in [3.8, 4) is 0 Å². The molecular weight excluding hydrogens is 954 g/mol. The number of quaternary nitrogens is 1. The van der Waals surface area contributed by atoms with Crippen LogP contribution in [-0.4, -0.2) is 70.0 Å². The van der Waals surface area contributed by atoms with Crippen LogP contribution in [0, 0.1) is 0 Å². The third-order valence-electron chi connectivity index (χ3n) is 12.5. The Balaban J connectivity index is 4.14. The van der Waals surface area contributed by atoms with E-state index >= 15 is 0 Å². The van der Waals surface area contributed by atoms with Crippen LogP contribution in [0.5, 0.6) is 0 Å². The fourth-order valence-corrected chi connectivity index (χ4v) is 8.63. The minimum absolute atomic E-state index is 0.0374. The maximum atomic E-state index is 12.8. The zero-order valence-electron chi connectivity index (χ0n) is 48.7. The van der Waals surface area contributed by atoms with Crippen molar-refractivity contribution in [3.05, 3.63) is 109 Å². The number of allylic oxidation sites excluding steroid dienone is 18. The number of carbonyl (C=O) groups is 2. The summed E-state index contributed by atoms with van der Waals surface area (Å²) in [5, 5.41) is 0. The molecule has 2 atom stereocenters. The number of phosphoric acid groups is 1. The van der Waals surface area contributed by atoms with E-state index in [4.69, 9.17) is 18.5 Å². The molecule has 0 heterocycles. The van der Waals surface area contributed by atoms with Gasteiger partial charge in [-0.1, -0.05) is 232 Å². The van der Waals surface area contributed by atoms with Crippen molar-refractivity contribution >= 4 is 19.8 Å². The van der Waals surface area contributed by atoms with Crippen molar-refractivity contribution in [1.82, 2.24) is 0 Å². The molecule has 0 amide bonds. The molecule has 0 saturated heterocycles. The molecule has 0 spiro atoms. The summed E-state index contributed by atoms with van der Waals surface area (Å²) in [4.78, 5) is 37.9. The predicted octanol–water partition coefficient (Wildman–Crippen LogP) is 18.3. The lowest BCUT2D eigenvalue weighted by Crippen LogP contribution is -2.37. The molecule has 0 aromatic heterocycles. The van der Waals surface area contributed by atoms with Crippen molar-refractivity contribution in [2.45, 2.75) is 245 Å². The third kappa shape index (κ3) is 59.8. The molecule has 2 unspecified atom stereocenters. The summed E-state index contributed by atoms with van der Waals surface area (Å²) in [6.45, 7) is 4.10. The summed E-state index contributed by atoms with van der Waals surface area (Å²) in [6, 6.07) is 0. The number of esters is 2. The van der Waals surface area contributed by atoms with Gasteiger partial charge in [0.25, 0.3) is 7.82 Å². The molecule has 0 fully saturated rings. The normalized spacial score (nSPS) is 14.1. The Bertz CT molecular complexity index is 1630.